The van der Waals surface area contributed by atoms with Gasteiger partial charge in [-0.25, -0.2) is 0 Å². The molecule has 0 aliphatic carbocycles. The molecule has 1 N–H and O–H groups in total. The molecule has 7 rings (SSSR count). The predicted octanol–water partition coefficient (Wildman–Crippen LogP) is 10.9. The third-order valence-corrected chi connectivity index (χ3v) is 7.18. The quantitative estimate of drug-likeness (QED) is 0.116. The Bertz CT molecular complexity index is 2080. The van der Waals surface area contributed by atoms with Crippen molar-refractivity contribution in [3.8, 4) is 0 Å². The summed E-state index contributed by atoms with van der Waals surface area (Å²) < 4.78 is 0. The maximum atomic E-state index is 5.01. The Morgan fingerprint density at radius 3 is 1.68 bits per heavy atom. The van der Waals surface area contributed by atoms with Crippen molar-refractivity contribution in [3.63, 3.8) is 0 Å². The molecular weight excluding hydrogens is 589 g/mol. The van der Waals surface area contributed by atoms with Crippen LogP contribution in [0.3, 0.4) is 0 Å². The van der Waals surface area contributed by atoms with Gasteiger partial charge < -0.3 is 4.98 Å². The minimum atomic E-state index is 0.194. The molecule has 0 fully saturated rings. The first-order valence-corrected chi connectivity index (χ1v) is 16.1. The number of benzene rings is 6. The predicted molar refractivity (Wildman–Crippen MR) is 175 cm³/mol. The monoisotopic (exact) mass is 613 g/mol. The number of hydrogen-bond donors (Lipinski definition) is 1. The molecule has 0 aliphatic rings. The molecule has 202 valence electrons. The Morgan fingerprint density at radius 2 is 1.10 bits per heavy atom. The summed E-state index contributed by atoms with van der Waals surface area (Å²) in [6.45, 7) is 2.04. The van der Waals surface area contributed by atoms with Crippen molar-refractivity contribution in [2.24, 2.45) is 9.98 Å². The standard InChI is InChI=1S/C35H25N3.2ClH.Fe/c1-23(37-35-15-7-13-29-19-25-9-3-5-11-27(25)21-32(29)35)33-17-16-30(38-33)22-36-34-14-6-12-28-18-24-8-2-4-10-26(24)20-31(28)34;;;/h2-22,38H,1H3;2*1H;/q;;;+2/p-2. The van der Waals surface area contributed by atoms with E-state index in [0.29, 0.717) is 0 Å². The SMILES string of the molecule is CC(=Nc1cccc2cc3ccccc3cc12)c1ccc(C=Nc2cccc3cc4ccccc4cc23)[nH]1.[Cl][Fe][Cl]. The van der Waals surface area contributed by atoms with E-state index in [2.05, 4.69) is 126 Å². The van der Waals surface area contributed by atoms with E-state index in [1.807, 2.05) is 13.1 Å². The van der Waals surface area contributed by atoms with Crippen molar-refractivity contribution < 1.29 is 13.1 Å². The first-order chi connectivity index (χ1) is 20.1. The van der Waals surface area contributed by atoms with Crippen LogP contribution in [0.15, 0.2) is 131 Å². The zero-order valence-electron chi connectivity index (χ0n) is 22.1. The van der Waals surface area contributed by atoms with E-state index in [4.69, 9.17) is 30.2 Å². The summed E-state index contributed by atoms with van der Waals surface area (Å²) in [7, 11) is 9.53. The van der Waals surface area contributed by atoms with E-state index in [-0.39, 0.29) is 13.1 Å². The van der Waals surface area contributed by atoms with Crippen LogP contribution in [-0.2, 0) is 13.1 Å². The van der Waals surface area contributed by atoms with Crippen LogP contribution < -0.4 is 0 Å². The molecule has 0 unspecified atom stereocenters. The molecule has 1 aromatic heterocycles. The van der Waals surface area contributed by atoms with Crippen molar-refractivity contribution in [2.75, 3.05) is 0 Å². The molecule has 7 aromatic rings. The van der Waals surface area contributed by atoms with Crippen LogP contribution >= 0.6 is 20.2 Å². The van der Waals surface area contributed by atoms with Gasteiger partial charge >= 0.3 is 33.3 Å². The number of nitrogens with one attached hydrogen (secondary N) is 1. The van der Waals surface area contributed by atoms with E-state index >= 15 is 0 Å². The Hall–Kier alpha value is -3.92. The van der Waals surface area contributed by atoms with Crippen molar-refractivity contribution in [2.45, 2.75) is 6.92 Å². The third-order valence-electron chi connectivity index (χ3n) is 7.18. The van der Waals surface area contributed by atoms with Gasteiger partial charge in [0.2, 0.25) is 0 Å². The number of nitrogens with zero attached hydrogens (tertiary/aromatic N) is 2. The van der Waals surface area contributed by atoms with Crippen LogP contribution in [0, 0.1) is 0 Å². The molecule has 1 heterocycles. The summed E-state index contributed by atoms with van der Waals surface area (Å²) in [5.41, 5.74) is 4.78. The fourth-order valence-corrected chi connectivity index (χ4v) is 5.19. The first kappa shape index (κ1) is 27.3. The van der Waals surface area contributed by atoms with Gasteiger partial charge in [0, 0.05) is 10.8 Å². The Balaban J connectivity index is 0.000000967. The molecule has 0 atom stereocenters. The summed E-state index contributed by atoms with van der Waals surface area (Å²) in [5.74, 6) is 0. The molecule has 0 bridgehead atoms. The van der Waals surface area contributed by atoms with Crippen LogP contribution in [0.5, 0.6) is 0 Å². The van der Waals surface area contributed by atoms with E-state index in [1.54, 1.807) is 0 Å². The van der Waals surface area contributed by atoms with Crippen LogP contribution in [-0.4, -0.2) is 16.9 Å². The molecule has 0 amide bonds. The van der Waals surface area contributed by atoms with Gasteiger partial charge in [0.1, 0.15) is 0 Å². The number of aromatic nitrogens is 1. The minimum absolute atomic E-state index is 0.194. The van der Waals surface area contributed by atoms with Crippen LogP contribution in [0.1, 0.15) is 18.3 Å². The van der Waals surface area contributed by atoms with E-state index in [1.165, 1.54) is 32.3 Å². The van der Waals surface area contributed by atoms with Gasteiger partial charge in [-0.05, 0) is 87.8 Å². The maximum absolute atomic E-state index is 5.01. The number of halogens is 2. The van der Waals surface area contributed by atoms with Crippen LogP contribution in [0.4, 0.5) is 11.4 Å². The second-order valence-electron chi connectivity index (χ2n) is 9.73. The third kappa shape index (κ3) is 5.93. The zero-order chi connectivity index (χ0) is 28.2. The number of fused-ring (bicyclic) bond motifs is 4. The number of H-pyrrole nitrogens is 1. The van der Waals surface area contributed by atoms with Gasteiger partial charge in [-0.2, -0.15) is 0 Å². The molecule has 3 nitrogen and oxygen atoms in total. The molecular formula is C35H25Cl2FeN3. The number of hydrogen-bond acceptors (Lipinski definition) is 2. The summed E-state index contributed by atoms with van der Waals surface area (Å²) in [6, 6.07) is 42.5. The van der Waals surface area contributed by atoms with Gasteiger partial charge in [-0.1, -0.05) is 72.8 Å². The van der Waals surface area contributed by atoms with Crippen LogP contribution in [0.2, 0.25) is 0 Å². The van der Waals surface area contributed by atoms with Gasteiger partial charge in [0.05, 0.1) is 34.7 Å². The molecule has 0 spiro atoms. The summed E-state index contributed by atoms with van der Waals surface area (Å²) in [6.07, 6.45) is 1.89. The Labute approximate surface area is 253 Å². The Kier molecular flexibility index (Phi) is 8.18. The molecule has 6 heteroatoms. The number of aromatic amines is 1. The molecule has 41 heavy (non-hydrogen) atoms. The van der Waals surface area contributed by atoms with Gasteiger partial charge in [-0.15, -0.1) is 0 Å². The first-order valence-electron chi connectivity index (χ1n) is 13.1. The van der Waals surface area contributed by atoms with Crippen LogP contribution in [0.25, 0.3) is 43.1 Å². The molecule has 0 radical (unpaired) electrons. The van der Waals surface area contributed by atoms with Crippen molar-refractivity contribution in [1.82, 2.24) is 4.98 Å². The molecule has 0 aliphatic heterocycles. The van der Waals surface area contributed by atoms with Gasteiger partial charge in [-0.3, -0.25) is 9.98 Å². The zero-order valence-corrected chi connectivity index (χ0v) is 24.7. The molecule has 0 saturated heterocycles. The topological polar surface area (TPSA) is 40.5 Å². The van der Waals surface area contributed by atoms with E-state index in [9.17, 15) is 0 Å². The fraction of sp³-hybridized carbons (Fsp3) is 0.0286. The second-order valence-corrected chi connectivity index (χ2v) is 11.6. The molecule has 6 aromatic carbocycles. The van der Waals surface area contributed by atoms with Crippen molar-refractivity contribution in [3.05, 3.63) is 133 Å². The summed E-state index contributed by atoms with van der Waals surface area (Å²) in [5, 5.41) is 9.61. The fourth-order valence-electron chi connectivity index (χ4n) is 5.19. The number of rotatable bonds is 4. The van der Waals surface area contributed by atoms with E-state index < -0.39 is 0 Å². The van der Waals surface area contributed by atoms with Crippen molar-refractivity contribution >= 4 is 86.6 Å². The molecule has 0 saturated carbocycles. The number of aliphatic imine (C=N–C) groups is 2. The van der Waals surface area contributed by atoms with Gasteiger partial charge in [0.15, 0.2) is 0 Å². The summed E-state index contributed by atoms with van der Waals surface area (Å²) in [4.78, 5) is 13.3. The summed E-state index contributed by atoms with van der Waals surface area (Å²) >= 11 is 0.194. The Morgan fingerprint density at radius 1 is 0.610 bits per heavy atom. The van der Waals surface area contributed by atoms with Crippen molar-refractivity contribution in [1.29, 1.82) is 0 Å². The van der Waals surface area contributed by atoms with E-state index in [0.717, 1.165) is 39.2 Å². The average Bonchev–Trinajstić information content (AvgIpc) is 3.48. The van der Waals surface area contributed by atoms with Gasteiger partial charge in [0.25, 0.3) is 0 Å². The second kappa shape index (κ2) is 12.3. The average molecular weight is 614 g/mol. The normalized spacial score (nSPS) is 12.0.